The van der Waals surface area contributed by atoms with Gasteiger partial charge >= 0.3 is 6.18 Å². The van der Waals surface area contributed by atoms with Crippen LogP contribution in [0.4, 0.5) is 13.2 Å². The van der Waals surface area contributed by atoms with E-state index in [2.05, 4.69) is 4.74 Å². The Morgan fingerprint density at radius 2 is 1.90 bits per heavy atom. The van der Waals surface area contributed by atoms with Crippen molar-refractivity contribution >= 4 is 5.91 Å². The molecular weight excluding hydrogens is 287 g/mol. The Morgan fingerprint density at radius 3 is 2.57 bits per heavy atom. The maximum absolute atomic E-state index is 12.0. The fourth-order valence-corrected chi connectivity index (χ4v) is 3.47. The van der Waals surface area contributed by atoms with Crippen molar-refractivity contribution in [3.8, 4) is 0 Å². The van der Waals surface area contributed by atoms with Gasteiger partial charge in [0.05, 0.1) is 6.10 Å². The van der Waals surface area contributed by atoms with Gasteiger partial charge in [0.1, 0.15) is 13.2 Å². The molecule has 1 aliphatic heterocycles. The third kappa shape index (κ3) is 4.57. The maximum Gasteiger partial charge on any atom is 0.411 e. The Labute approximate surface area is 122 Å². The van der Waals surface area contributed by atoms with E-state index in [0.29, 0.717) is 6.54 Å². The van der Waals surface area contributed by atoms with Crippen molar-refractivity contribution in [1.29, 1.82) is 0 Å². The number of ether oxygens (including phenoxy) is 1. The maximum atomic E-state index is 12.0. The highest BCUT2D eigenvalue weighted by Crippen LogP contribution is 2.34. The molecule has 1 amide bonds. The second-order valence-electron chi connectivity index (χ2n) is 5.92. The van der Waals surface area contributed by atoms with E-state index in [-0.39, 0.29) is 12.0 Å². The van der Waals surface area contributed by atoms with Gasteiger partial charge in [-0.15, -0.1) is 0 Å². The monoisotopic (exact) mass is 309 g/mol. The fraction of sp³-hybridized carbons (Fsp3) is 0.929. The molecule has 0 aromatic carbocycles. The third-order valence-corrected chi connectivity index (χ3v) is 4.39. The lowest BCUT2D eigenvalue weighted by atomic mass is 9.80. The number of amides is 1. The van der Waals surface area contributed by atoms with Crippen LogP contribution in [-0.2, 0) is 9.53 Å². The van der Waals surface area contributed by atoms with Crippen LogP contribution in [0.25, 0.3) is 0 Å². The minimum absolute atomic E-state index is 0.0489. The third-order valence-electron chi connectivity index (χ3n) is 4.39. The number of aliphatic hydroxyl groups is 1. The van der Waals surface area contributed by atoms with Gasteiger partial charge in [-0.05, 0) is 25.7 Å². The molecule has 2 aliphatic rings. The largest absolute Gasteiger partial charge is 0.411 e. The number of carbonyl (C=O) groups is 1. The van der Waals surface area contributed by atoms with Gasteiger partial charge < -0.3 is 14.7 Å². The molecule has 3 unspecified atom stereocenters. The molecule has 1 N–H and O–H groups in total. The van der Waals surface area contributed by atoms with E-state index in [9.17, 15) is 23.1 Å². The van der Waals surface area contributed by atoms with Crippen LogP contribution in [0.1, 0.15) is 38.5 Å². The summed E-state index contributed by atoms with van der Waals surface area (Å²) >= 11 is 0. The van der Waals surface area contributed by atoms with Crippen molar-refractivity contribution in [2.24, 2.45) is 5.92 Å². The first-order valence-electron chi connectivity index (χ1n) is 7.50. The van der Waals surface area contributed by atoms with E-state index in [4.69, 9.17) is 0 Å². The molecule has 21 heavy (non-hydrogen) atoms. The molecule has 122 valence electrons. The highest BCUT2D eigenvalue weighted by molar-refractivity contribution is 5.78. The van der Waals surface area contributed by atoms with Crippen LogP contribution in [0, 0.1) is 5.92 Å². The molecule has 3 atom stereocenters. The number of likely N-dealkylation sites (tertiary alicyclic amines) is 1. The van der Waals surface area contributed by atoms with Crippen LogP contribution < -0.4 is 0 Å². The standard InChI is InChI=1S/C14H22F3NO3/c15-14(16,17)9-21-8-13(20)18-7-3-5-11(18)10-4-1-2-6-12(10)19/h10-12,19H,1-9H2. The minimum atomic E-state index is -4.41. The van der Waals surface area contributed by atoms with Crippen molar-refractivity contribution < 1.29 is 27.8 Å². The van der Waals surface area contributed by atoms with Crippen LogP contribution in [-0.4, -0.2) is 54.0 Å². The first-order valence-corrected chi connectivity index (χ1v) is 7.50. The Balaban J connectivity index is 1.87. The lowest BCUT2D eigenvalue weighted by Crippen LogP contribution is -2.46. The van der Waals surface area contributed by atoms with E-state index in [1.165, 1.54) is 0 Å². The molecule has 0 aromatic heterocycles. The topological polar surface area (TPSA) is 49.8 Å². The summed E-state index contributed by atoms with van der Waals surface area (Å²) in [5, 5.41) is 10.1. The molecule has 7 heteroatoms. The van der Waals surface area contributed by atoms with Crippen molar-refractivity contribution in [2.45, 2.75) is 56.8 Å². The number of rotatable bonds is 4. The summed E-state index contributed by atoms with van der Waals surface area (Å²) in [6, 6.07) is -0.0534. The highest BCUT2D eigenvalue weighted by atomic mass is 19.4. The summed E-state index contributed by atoms with van der Waals surface area (Å²) in [6.45, 7) is -1.40. The van der Waals surface area contributed by atoms with E-state index >= 15 is 0 Å². The summed E-state index contributed by atoms with van der Waals surface area (Å²) in [5.41, 5.74) is 0. The van der Waals surface area contributed by atoms with Gasteiger partial charge in [0.15, 0.2) is 0 Å². The van der Waals surface area contributed by atoms with Gasteiger partial charge in [-0.2, -0.15) is 13.2 Å². The molecule has 4 nitrogen and oxygen atoms in total. The minimum Gasteiger partial charge on any atom is -0.393 e. The van der Waals surface area contributed by atoms with Crippen LogP contribution in [0.15, 0.2) is 0 Å². The SMILES string of the molecule is O=C(COCC(F)(F)F)N1CCCC1C1CCCCC1O. The average Bonchev–Trinajstić information content (AvgIpc) is 2.86. The molecule has 0 aromatic rings. The number of halogens is 3. The number of hydrogen-bond donors (Lipinski definition) is 1. The second-order valence-corrected chi connectivity index (χ2v) is 5.92. The van der Waals surface area contributed by atoms with Crippen molar-refractivity contribution in [2.75, 3.05) is 19.8 Å². The fourth-order valence-electron chi connectivity index (χ4n) is 3.47. The zero-order chi connectivity index (χ0) is 15.5. The van der Waals surface area contributed by atoms with Gasteiger partial charge in [-0.25, -0.2) is 0 Å². The van der Waals surface area contributed by atoms with Crippen LogP contribution in [0.3, 0.4) is 0 Å². The summed E-state index contributed by atoms with van der Waals surface area (Å²) < 4.78 is 40.5. The Bertz CT molecular complexity index is 362. The van der Waals surface area contributed by atoms with Crippen LogP contribution >= 0.6 is 0 Å². The first-order chi connectivity index (χ1) is 9.88. The van der Waals surface area contributed by atoms with Crippen LogP contribution in [0.2, 0.25) is 0 Å². The normalized spacial score (nSPS) is 30.7. The number of alkyl halides is 3. The molecule has 0 radical (unpaired) electrons. The lowest BCUT2D eigenvalue weighted by molar-refractivity contribution is -0.178. The highest BCUT2D eigenvalue weighted by Gasteiger charge is 2.39. The molecular formula is C14H22F3NO3. The molecule has 2 rings (SSSR count). The predicted molar refractivity (Wildman–Crippen MR) is 69.6 cm³/mol. The van der Waals surface area contributed by atoms with Gasteiger partial charge in [-0.1, -0.05) is 12.8 Å². The smallest absolute Gasteiger partial charge is 0.393 e. The summed E-state index contributed by atoms with van der Waals surface area (Å²) in [6.07, 6.45) is 0.467. The van der Waals surface area contributed by atoms with E-state index in [1.807, 2.05) is 0 Å². The van der Waals surface area contributed by atoms with Gasteiger partial charge in [0.25, 0.3) is 0 Å². The van der Waals surface area contributed by atoms with Crippen LogP contribution in [0.5, 0.6) is 0 Å². The molecule has 1 aliphatic carbocycles. The molecule has 2 fully saturated rings. The van der Waals surface area contributed by atoms with Gasteiger partial charge in [-0.3, -0.25) is 4.79 Å². The molecule has 1 saturated carbocycles. The zero-order valence-electron chi connectivity index (χ0n) is 11.9. The lowest BCUT2D eigenvalue weighted by Gasteiger charge is -2.37. The van der Waals surface area contributed by atoms with Crippen molar-refractivity contribution in [3.05, 3.63) is 0 Å². The van der Waals surface area contributed by atoms with E-state index < -0.39 is 31.4 Å². The molecule has 1 heterocycles. The Morgan fingerprint density at radius 1 is 1.19 bits per heavy atom. The van der Waals surface area contributed by atoms with E-state index in [0.717, 1.165) is 38.5 Å². The van der Waals surface area contributed by atoms with Crippen molar-refractivity contribution in [1.82, 2.24) is 4.90 Å². The number of carbonyl (C=O) groups excluding carboxylic acids is 1. The number of aliphatic hydroxyl groups excluding tert-OH is 1. The molecule has 0 spiro atoms. The Hall–Kier alpha value is -0.820. The first kappa shape index (κ1) is 16.5. The summed E-state index contributed by atoms with van der Waals surface area (Å²) in [7, 11) is 0. The Kier molecular flexibility index (Phi) is 5.48. The average molecular weight is 309 g/mol. The molecule has 1 saturated heterocycles. The number of nitrogens with zero attached hydrogens (tertiary/aromatic N) is 1. The number of hydrogen-bond acceptors (Lipinski definition) is 3. The molecule has 0 bridgehead atoms. The van der Waals surface area contributed by atoms with Gasteiger partial charge in [0.2, 0.25) is 5.91 Å². The van der Waals surface area contributed by atoms with Crippen molar-refractivity contribution in [3.63, 3.8) is 0 Å². The van der Waals surface area contributed by atoms with E-state index in [1.54, 1.807) is 4.90 Å². The summed E-state index contributed by atoms with van der Waals surface area (Å²) in [4.78, 5) is 13.6. The zero-order valence-corrected chi connectivity index (χ0v) is 11.9. The summed E-state index contributed by atoms with van der Waals surface area (Å²) in [5.74, 6) is -0.354. The predicted octanol–water partition coefficient (Wildman–Crippen LogP) is 2.11. The van der Waals surface area contributed by atoms with Gasteiger partial charge in [0, 0.05) is 18.5 Å². The second kappa shape index (κ2) is 6.96. The quantitative estimate of drug-likeness (QED) is 0.865.